The Morgan fingerprint density at radius 1 is 1.38 bits per heavy atom. The fraction of sp³-hybridized carbons (Fsp3) is 0.500. The summed E-state index contributed by atoms with van der Waals surface area (Å²) >= 11 is 0. The molecule has 0 atom stereocenters. The summed E-state index contributed by atoms with van der Waals surface area (Å²) in [7, 11) is 1.56. The van der Waals surface area contributed by atoms with Crippen molar-refractivity contribution in [1.29, 1.82) is 0 Å². The van der Waals surface area contributed by atoms with Gasteiger partial charge in [-0.15, -0.1) is 24.0 Å². The predicted octanol–water partition coefficient (Wildman–Crippen LogP) is -1.48. The monoisotopic (exact) mass is 231 g/mol. The normalized spacial score (nSPS) is 6.38. The highest BCUT2D eigenvalue weighted by Gasteiger charge is 1.80. The molecule has 0 unspecified atom stereocenters. The Bertz CT molecular complexity index is 64.8. The maximum absolute atomic E-state index is 4.87. The van der Waals surface area contributed by atoms with E-state index in [-0.39, 0.29) is 24.0 Å². The van der Waals surface area contributed by atoms with Crippen LogP contribution in [0.5, 0.6) is 0 Å². The van der Waals surface area contributed by atoms with E-state index in [0.29, 0.717) is 5.96 Å². The molecule has 5 nitrogen and oxygen atoms in total. The van der Waals surface area contributed by atoms with Crippen LogP contribution in [0.15, 0.2) is 4.99 Å². The predicted molar refractivity (Wildman–Crippen MR) is 43.4 cm³/mol. The summed E-state index contributed by atoms with van der Waals surface area (Å²) in [5.74, 6) is 10.1. The van der Waals surface area contributed by atoms with Crippen LogP contribution in [-0.4, -0.2) is 13.0 Å². The summed E-state index contributed by atoms with van der Waals surface area (Å²) in [4.78, 5) is 3.57. The number of nitrogens with two attached hydrogens (primary N) is 2. The van der Waals surface area contributed by atoms with Gasteiger partial charge in [0.2, 0.25) is 5.96 Å². The summed E-state index contributed by atoms with van der Waals surface area (Å²) < 4.78 is 0. The summed E-state index contributed by atoms with van der Waals surface area (Å²) in [5.41, 5.74) is 4.43. The van der Waals surface area contributed by atoms with Crippen LogP contribution < -0.4 is 22.5 Å². The minimum Gasteiger partial charge on any atom is -0.293 e. The topological polar surface area (TPSA) is 88.5 Å². The van der Waals surface area contributed by atoms with Gasteiger partial charge in [0.1, 0.15) is 0 Å². The van der Waals surface area contributed by atoms with Gasteiger partial charge in [0.15, 0.2) is 0 Å². The SMILES string of the molecule is CN=C(NN)NN.I. The lowest BCUT2D eigenvalue weighted by Gasteiger charge is -1.98. The lowest BCUT2D eigenvalue weighted by atomic mass is 11.0. The molecule has 0 amide bonds. The standard InChI is InChI=1S/C2H9N5.HI/c1-5-2(6-3)7-4;/h3-4H2,1H3,(H2,5,6,7);1H. The number of hydrogen-bond acceptors (Lipinski definition) is 3. The number of hydrazine groups is 2. The van der Waals surface area contributed by atoms with Crippen molar-refractivity contribution in [2.24, 2.45) is 16.7 Å². The van der Waals surface area contributed by atoms with E-state index in [1.165, 1.54) is 0 Å². The molecule has 50 valence electrons. The zero-order valence-electron chi connectivity index (χ0n) is 4.51. The molecule has 0 saturated heterocycles. The third kappa shape index (κ3) is 4.09. The number of hydrogen-bond donors (Lipinski definition) is 4. The van der Waals surface area contributed by atoms with E-state index in [4.69, 9.17) is 11.7 Å². The molecule has 0 fully saturated rings. The van der Waals surface area contributed by atoms with E-state index in [9.17, 15) is 0 Å². The van der Waals surface area contributed by atoms with Crippen molar-refractivity contribution in [2.75, 3.05) is 7.05 Å². The number of halogens is 1. The van der Waals surface area contributed by atoms with Crippen LogP contribution in [0, 0.1) is 0 Å². The van der Waals surface area contributed by atoms with E-state index >= 15 is 0 Å². The first-order chi connectivity index (χ1) is 3.35. The highest BCUT2D eigenvalue weighted by molar-refractivity contribution is 14.0. The maximum atomic E-state index is 4.87. The van der Waals surface area contributed by atoms with Gasteiger partial charge in [-0.1, -0.05) is 0 Å². The van der Waals surface area contributed by atoms with Crippen molar-refractivity contribution >= 4 is 29.9 Å². The molecule has 0 aliphatic carbocycles. The molecule has 0 radical (unpaired) electrons. The van der Waals surface area contributed by atoms with Gasteiger partial charge in [-0.25, -0.2) is 11.7 Å². The molecule has 0 saturated carbocycles. The number of rotatable bonds is 0. The van der Waals surface area contributed by atoms with Gasteiger partial charge in [-0.05, 0) is 0 Å². The maximum Gasteiger partial charge on any atom is 0.219 e. The second kappa shape index (κ2) is 6.92. The fourth-order valence-electron chi connectivity index (χ4n) is 0.171. The number of aliphatic imine (C=N–C) groups is 1. The molecule has 0 aliphatic rings. The zero-order valence-corrected chi connectivity index (χ0v) is 6.84. The molecule has 0 aromatic heterocycles. The molecule has 0 aromatic rings. The average Bonchev–Trinajstić information content (AvgIpc) is 1.72. The van der Waals surface area contributed by atoms with E-state index in [1.807, 2.05) is 0 Å². The van der Waals surface area contributed by atoms with Crippen LogP contribution in [-0.2, 0) is 0 Å². The third-order valence-corrected chi connectivity index (χ3v) is 0.497. The molecule has 0 aromatic carbocycles. The van der Waals surface area contributed by atoms with Crippen molar-refractivity contribution < 1.29 is 0 Å². The molecule has 6 heteroatoms. The van der Waals surface area contributed by atoms with E-state index in [1.54, 1.807) is 7.05 Å². The van der Waals surface area contributed by atoms with Crippen LogP contribution in [0.4, 0.5) is 0 Å². The number of nitrogens with zero attached hydrogens (tertiary/aromatic N) is 1. The number of guanidine groups is 1. The smallest absolute Gasteiger partial charge is 0.219 e. The van der Waals surface area contributed by atoms with Crippen LogP contribution in [0.3, 0.4) is 0 Å². The Balaban J connectivity index is 0. The van der Waals surface area contributed by atoms with Crippen LogP contribution >= 0.6 is 24.0 Å². The second-order valence-electron chi connectivity index (χ2n) is 0.861. The van der Waals surface area contributed by atoms with E-state index < -0.39 is 0 Å². The van der Waals surface area contributed by atoms with Gasteiger partial charge in [-0.2, -0.15) is 0 Å². The second-order valence-corrected chi connectivity index (χ2v) is 0.861. The molecule has 0 spiro atoms. The Morgan fingerprint density at radius 3 is 1.75 bits per heavy atom. The Kier molecular flexibility index (Phi) is 9.36. The highest BCUT2D eigenvalue weighted by Crippen LogP contribution is 1.51. The quantitative estimate of drug-likeness (QED) is 0.134. The van der Waals surface area contributed by atoms with Gasteiger partial charge in [0.05, 0.1) is 0 Å². The lowest BCUT2D eigenvalue weighted by molar-refractivity contribution is 0.891. The molecule has 0 bridgehead atoms. The third-order valence-electron chi connectivity index (χ3n) is 0.497. The molecular weight excluding hydrogens is 221 g/mol. The molecule has 0 heterocycles. The minimum absolute atomic E-state index is 0. The van der Waals surface area contributed by atoms with Crippen LogP contribution in [0.25, 0.3) is 0 Å². The van der Waals surface area contributed by atoms with Crippen molar-refractivity contribution in [2.45, 2.75) is 0 Å². The first-order valence-electron chi connectivity index (χ1n) is 1.75. The highest BCUT2D eigenvalue weighted by atomic mass is 127. The minimum atomic E-state index is 0. The summed E-state index contributed by atoms with van der Waals surface area (Å²) in [5, 5.41) is 0. The van der Waals surface area contributed by atoms with E-state index in [0.717, 1.165) is 0 Å². The molecule has 6 N–H and O–H groups in total. The lowest BCUT2D eigenvalue weighted by Crippen LogP contribution is -2.44. The number of nitrogens with one attached hydrogen (secondary N) is 2. The van der Waals surface area contributed by atoms with Gasteiger partial charge >= 0.3 is 0 Å². The first-order valence-corrected chi connectivity index (χ1v) is 1.75. The Morgan fingerprint density at radius 2 is 1.75 bits per heavy atom. The molecule has 0 aliphatic heterocycles. The largest absolute Gasteiger partial charge is 0.293 e. The van der Waals surface area contributed by atoms with E-state index in [2.05, 4.69) is 15.8 Å². The fourth-order valence-corrected chi connectivity index (χ4v) is 0.171. The Labute approximate surface area is 64.9 Å². The Hall–Kier alpha value is -0.0800. The van der Waals surface area contributed by atoms with Crippen LogP contribution in [0.1, 0.15) is 0 Å². The van der Waals surface area contributed by atoms with Gasteiger partial charge in [0.25, 0.3) is 0 Å². The van der Waals surface area contributed by atoms with Crippen molar-refractivity contribution in [3.8, 4) is 0 Å². The first kappa shape index (κ1) is 10.8. The van der Waals surface area contributed by atoms with Crippen LogP contribution in [0.2, 0.25) is 0 Å². The molecular formula is C2H10IN5. The summed E-state index contributed by atoms with van der Waals surface area (Å²) in [6.45, 7) is 0. The van der Waals surface area contributed by atoms with Gasteiger partial charge in [0, 0.05) is 7.05 Å². The average molecular weight is 231 g/mol. The van der Waals surface area contributed by atoms with Crippen molar-refractivity contribution in [1.82, 2.24) is 10.9 Å². The molecule has 0 rings (SSSR count). The summed E-state index contributed by atoms with van der Waals surface area (Å²) in [6.07, 6.45) is 0. The van der Waals surface area contributed by atoms with Crippen molar-refractivity contribution in [3.05, 3.63) is 0 Å². The van der Waals surface area contributed by atoms with Gasteiger partial charge in [-0.3, -0.25) is 15.8 Å². The summed E-state index contributed by atoms with van der Waals surface area (Å²) in [6, 6.07) is 0. The zero-order chi connectivity index (χ0) is 5.70. The molecule has 8 heavy (non-hydrogen) atoms. The van der Waals surface area contributed by atoms with Gasteiger partial charge < -0.3 is 0 Å². The van der Waals surface area contributed by atoms with Crippen molar-refractivity contribution in [3.63, 3.8) is 0 Å².